The molecule has 0 N–H and O–H groups in total. The maximum Gasteiger partial charge on any atom is 0.0240 e. The summed E-state index contributed by atoms with van der Waals surface area (Å²) in [6.45, 7) is 0. The Morgan fingerprint density at radius 2 is 2.17 bits per heavy atom. The third-order valence-electron chi connectivity index (χ3n) is 1.44. The summed E-state index contributed by atoms with van der Waals surface area (Å²) in [5, 5.41) is 0. The molecule has 6 heavy (non-hydrogen) atoms. The minimum absolute atomic E-state index is 0.920. The van der Waals surface area contributed by atoms with Crippen molar-refractivity contribution in [3.05, 3.63) is 12.2 Å². The SMILES string of the molecule is C1=C[C@H]2[Si]=C[C@H]12. The predicted molar refractivity (Wildman–Crippen MR) is 28.2 cm³/mol. The fraction of sp³-hybridized carbons (Fsp3) is 0.400. The first-order valence-corrected chi connectivity index (χ1v) is 3.40. The lowest BCUT2D eigenvalue weighted by molar-refractivity contribution is 0.797. The average Bonchev–Trinajstić information content (AvgIpc) is 1.54. The van der Waals surface area contributed by atoms with Gasteiger partial charge >= 0.3 is 0 Å². The molecule has 0 fully saturated rings. The van der Waals surface area contributed by atoms with E-state index in [-0.39, 0.29) is 0 Å². The van der Waals surface area contributed by atoms with E-state index in [1.165, 1.54) is 0 Å². The predicted octanol–water partition coefficient (Wildman–Crippen LogP) is 0.481. The van der Waals surface area contributed by atoms with E-state index in [4.69, 9.17) is 0 Å². The van der Waals surface area contributed by atoms with Gasteiger partial charge in [-0.1, -0.05) is 17.8 Å². The van der Waals surface area contributed by atoms with Crippen molar-refractivity contribution in [2.24, 2.45) is 5.92 Å². The summed E-state index contributed by atoms with van der Waals surface area (Å²) in [6, 6.07) is 0. The zero-order valence-electron chi connectivity index (χ0n) is 3.39. The quantitative estimate of drug-likeness (QED) is 0.302. The molecule has 0 aromatic rings. The minimum Gasteiger partial charge on any atom is -0.0954 e. The maximum atomic E-state index is 2.39. The summed E-state index contributed by atoms with van der Waals surface area (Å²) in [6.07, 6.45) is 4.59. The van der Waals surface area contributed by atoms with Crippen LogP contribution in [0.2, 0.25) is 5.54 Å². The Kier molecular flexibility index (Phi) is 0.355. The van der Waals surface area contributed by atoms with Crippen molar-refractivity contribution in [3.8, 4) is 0 Å². The fourth-order valence-electron chi connectivity index (χ4n) is 0.780. The Balaban J connectivity index is 2.40. The van der Waals surface area contributed by atoms with Crippen LogP contribution in [0.3, 0.4) is 0 Å². The smallest absolute Gasteiger partial charge is 0.0240 e. The highest BCUT2D eigenvalue weighted by atomic mass is 28.2. The van der Waals surface area contributed by atoms with Gasteiger partial charge in [0.05, 0.1) is 0 Å². The van der Waals surface area contributed by atoms with Gasteiger partial charge in [0.25, 0.3) is 0 Å². The molecule has 29 valence electrons. The molecule has 2 aliphatic rings. The molecule has 1 aliphatic carbocycles. The van der Waals surface area contributed by atoms with Crippen LogP contribution < -0.4 is 0 Å². The summed E-state index contributed by atoms with van der Waals surface area (Å²) in [5.74, 6) is 0.920. The topological polar surface area (TPSA) is 0 Å². The Labute approximate surface area is 39.3 Å². The third kappa shape index (κ3) is 0.160. The maximum absolute atomic E-state index is 2.39. The second kappa shape index (κ2) is 0.732. The average molecular weight is 93.2 g/mol. The van der Waals surface area contributed by atoms with E-state index in [0.717, 1.165) is 20.6 Å². The van der Waals surface area contributed by atoms with E-state index in [9.17, 15) is 0 Å². The minimum atomic E-state index is 0.920. The standard InChI is InChI=1S/C5H5Si/c1-2-5-4(1)3-6-5/h1-5H/t4-,5+/m0/s1. The Hall–Kier alpha value is -0.173. The zero-order valence-corrected chi connectivity index (χ0v) is 4.39. The largest absolute Gasteiger partial charge is 0.0954 e. The molecule has 1 heterocycles. The number of hydrogen-bond donors (Lipinski definition) is 0. The van der Waals surface area contributed by atoms with Crippen LogP contribution >= 0.6 is 0 Å². The molecule has 0 nitrogen and oxygen atoms in total. The second-order valence-corrected chi connectivity index (χ2v) is 3.15. The van der Waals surface area contributed by atoms with Crippen LogP contribution in [0, 0.1) is 5.92 Å². The molecular weight excluding hydrogens is 88.1 g/mol. The van der Waals surface area contributed by atoms with Gasteiger partial charge in [-0.15, -0.1) is 0 Å². The van der Waals surface area contributed by atoms with Crippen LogP contribution in [0.25, 0.3) is 0 Å². The van der Waals surface area contributed by atoms with Gasteiger partial charge in [0.2, 0.25) is 0 Å². The molecule has 1 radical (unpaired) electrons. The van der Waals surface area contributed by atoms with Gasteiger partial charge in [-0.2, -0.15) is 0 Å². The first-order valence-electron chi connectivity index (χ1n) is 2.24. The van der Waals surface area contributed by atoms with Crippen LogP contribution in [0.1, 0.15) is 0 Å². The normalized spacial score (nSPS) is 46.7. The molecule has 0 saturated heterocycles. The Morgan fingerprint density at radius 1 is 1.33 bits per heavy atom. The van der Waals surface area contributed by atoms with Crippen molar-refractivity contribution in [1.29, 1.82) is 0 Å². The summed E-state index contributed by atoms with van der Waals surface area (Å²) in [7, 11) is 1.15. The highest BCUT2D eigenvalue weighted by Crippen LogP contribution is 2.32. The van der Waals surface area contributed by atoms with Gasteiger partial charge in [-0.3, -0.25) is 0 Å². The van der Waals surface area contributed by atoms with Gasteiger partial charge in [-0.05, 0) is 11.5 Å². The van der Waals surface area contributed by atoms with Gasteiger partial charge in [0, 0.05) is 9.13 Å². The third-order valence-corrected chi connectivity index (χ3v) is 2.98. The van der Waals surface area contributed by atoms with Crippen LogP contribution in [0.5, 0.6) is 0 Å². The number of rotatable bonds is 0. The van der Waals surface area contributed by atoms with Crippen molar-refractivity contribution in [2.75, 3.05) is 0 Å². The Bertz CT molecular complexity index is 95.9. The molecule has 0 amide bonds. The van der Waals surface area contributed by atoms with Crippen LogP contribution in [-0.4, -0.2) is 14.8 Å². The van der Waals surface area contributed by atoms with Crippen molar-refractivity contribution in [2.45, 2.75) is 5.54 Å². The molecule has 0 aromatic carbocycles. The summed E-state index contributed by atoms with van der Waals surface area (Å²) >= 11 is 0. The molecule has 0 unspecified atom stereocenters. The fourth-order valence-corrected chi connectivity index (χ4v) is 1.86. The van der Waals surface area contributed by atoms with Crippen molar-refractivity contribution in [3.63, 3.8) is 0 Å². The van der Waals surface area contributed by atoms with Gasteiger partial charge in [0.15, 0.2) is 0 Å². The molecule has 0 aromatic heterocycles. The van der Waals surface area contributed by atoms with Crippen molar-refractivity contribution >= 4 is 14.8 Å². The molecular formula is C5H5Si. The molecule has 0 saturated carbocycles. The van der Waals surface area contributed by atoms with Crippen molar-refractivity contribution in [1.82, 2.24) is 0 Å². The Morgan fingerprint density at radius 3 is 2.17 bits per heavy atom. The molecule has 2 rings (SSSR count). The lowest BCUT2D eigenvalue weighted by Crippen LogP contribution is -2.28. The zero-order chi connectivity index (χ0) is 3.98. The van der Waals surface area contributed by atoms with Gasteiger partial charge in [-0.25, -0.2) is 0 Å². The molecule has 2 atom stereocenters. The first kappa shape index (κ1) is 2.91. The second-order valence-electron chi connectivity index (χ2n) is 1.82. The first-order chi connectivity index (χ1) is 2.97. The summed E-state index contributed by atoms with van der Waals surface area (Å²) < 4.78 is 0. The molecule has 1 heteroatoms. The number of allylic oxidation sites excluding steroid dienone is 2. The van der Waals surface area contributed by atoms with Gasteiger partial charge < -0.3 is 0 Å². The van der Waals surface area contributed by atoms with Gasteiger partial charge in [0.1, 0.15) is 0 Å². The van der Waals surface area contributed by atoms with E-state index in [1.54, 1.807) is 0 Å². The van der Waals surface area contributed by atoms with E-state index in [0.29, 0.717) is 0 Å². The number of hydrogen-bond acceptors (Lipinski definition) is 0. The van der Waals surface area contributed by atoms with E-state index in [2.05, 4.69) is 17.8 Å². The highest BCUT2D eigenvalue weighted by Gasteiger charge is 2.25. The van der Waals surface area contributed by atoms with Crippen LogP contribution in [0.4, 0.5) is 0 Å². The monoisotopic (exact) mass is 93.0 g/mol. The molecule has 1 aliphatic heterocycles. The van der Waals surface area contributed by atoms with E-state index >= 15 is 0 Å². The highest BCUT2D eigenvalue weighted by molar-refractivity contribution is 6.57. The molecule has 0 bridgehead atoms. The van der Waals surface area contributed by atoms with Crippen molar-refractivity contribution < 1.29 is 0 Å². The summed E-state index contributed by atoms with van der Waals surface area (Å²) in [4.78, 5) is 0. The van der Waals surface area contributed by atoms with Crippen LogP contribution in [0.15, 0.2) is 12.2 Å². The lowest BCUT2D eigenvalue weighted by Gasteiger charge is -2.30. The lowest BCUT2D eigenvalue weighted by atomic mass is 9.96. The molecule has 0 spiro atoms. The van der Waals surface area contributed by atoms with E-state index in [1.807, 2.05) is 0 Å². The number of fused-ring (bicyclic) bond motifs is 1. The van der Waals surface area contributed by atoms with E-state index < -0.39 is 0 Å². The summed E-state index contributed by atoms with van der Waals surface area (Å²) in [5.41, 5.74) is 3.40. The van der Waals surface area contributed by atoms with Crippen LogP contribution in [-0.2, 0) is 0 Å².